The molecule has 0 spiro atoms. The number of aliphatic hydroxyl groups excluding tert-OH is 1. The minimum absolute atomic E-state index is 0.0413. The van der Waals surface area contributed by atoms with Gasteiger partial charge in [-0.2, -0.15) is 0 Å². The van der Waals surface area contributed by atoms with Crippen LogP contribution in [-0.2, 0) is 14.8 Å². The number of rotatable bonds is 5. The molecule has 5 rings (SSSR count). The number of halogens is 1. The van der Waals surface area contributed by atoms with Crippen molar-refractivity contribution < 1.29 is 22.7 Å². The monoisotopic (exact) mass is 430 g/mol. The summed E-state index contributed by atoms with van der Waals surface area (Å²) >= 11 is 0. The van der Waals surface area contributed by atoms with E-state index in [-0.39, 0.29) is 42.0 Å². The SMILES string of the molecule is O=C(CC1CC1)N1[C@H](CO)[C@@H]2c3ccccc3N(S(=O)(=O)c3ccccc3F)C[C@@H]21. The molecule has 2 aromatic carbocycles. The zero-order valence-corrected chi connectivity index (χ0v) is 17.1. The Balaban J connectivity index is 1.56. The molecule has 1 aliphatic carbocycles. The zero-order chi connectivity index (χ0) is 21.0. The van der Waals surface area contributed by atoms with Crippen molar-refractivity contribution in [3.8, 4) is 0 Å². The number of aliphatic hydroxyl groups is 1. The van der Waals surface area contributed by atoms with Gasteiger partial charge in [-0.1, -0.05) is 30.3 Å². The van der Waals surface area contributed by atoms with Crippen molar-refractivity contribution >= 4 is 21.6 Å². The van der Waals surface area contributed by atoms with Gasteiger partial charge in [0.25, 0.3) is 10.0 Å². The number of sulfonamides is 1. The summed E-state index contributed by atoms with van der Waals surface area (Å²) in [6.07, 6.45) is 2.50. The fourth-order valence-corrected chi connectivity index (χ4v) is 6.45. The zero-order valence-electron chi connectivity index (χ0n) is 16.3. The normalized spacial score (nSPS) is 25.3. The first-order chi connectivity index (χ1) is 14.4. The third-order valence-electron chi connectivity index (χ3n) is 6.50. The summed E-state index contributed by atoms with van der Waals surface area (Å²) in [6, 6.07) is 11.7. The Bertz CT molecular complexity index is 1100. The van der Waals surface area contributed by atoms with Crippen LogP contribution >= 0.6 is 0 Å². The highest BCUT2D eigenvalue weighted by Gasteiger charge is 2.56. The molecule has 2 fully saturated rings. The maximum atomic E-state index is 14.4. The lowest BCUT2D eigenvalue weighted by molar-refractivity contribution is -0.150. The predicted octanol–water partition coefficient (Wildman–Crippen LogP) is 2.49. The predicted molar refractivity (Wildman–Crippen MR) is 109 cm³/mol. The molecule has 1 amide bonds. The standard InChI is InChI=1S/C22H23FN2O4S/c23-16-6-2-4-8-20(16)30(28,29)24-12-18-22(15-5-1-3-7-17(15)24)19(13-26)25(18)21(27)11-14-9-10-14/h1-8,14,18-19,22,26H,9-13H2/t18-,19+,22+/m0/s1. The summed E-state index contributed by atoms with van der Waals surface area (Å²) in [5, 5.41) is 9.98. The van der Waals surface area contributed by atoms with Crippen LogP contribution in [0.4, 0.5) is 10.1 Å². The van der Waals surface area contributed by atoms with E-state index in [1.807, 2.05) is 12.1 Å². The fourth-order valence-electron chi connectivity index (χ4n) is 4.87. The average molecular weight is 431 g/mol. The largest absolute Gasteiger partial charge is 0.394 e. The molecular weight excluding hydrogens is 407 g/mol. The van der Waals surface area contributed by atoms with Crippen LogP contribution in [0.1, 0.15) is 30.7 Å². The van der Waals surface area contributed by atoms with Gasteiger partial charge in [-0.25, -0.2) is 12.8 Å². The number of para-hydroxylation sites is 1. The quantitative estimate of drug-likeness (QED) is 0.791. The van der Waals surface area contributed by atoms with E-state index >= 15 is 0 Å². The molecule has 1 N–H and O–H groups in total. The van der Waals surface area contributed by atoms with E-state index < -0.39 is 15.8 Å². The van der Waals surface area contributed by atoms with E-state index in [9.17, 15) is 22.7 Å². The third-order valence-corrected chi connectivity index (χ3v) is 8.31. The highest BCUT2D eigenvalue weighted by molar-refractivity contribution is 7.92. The maximum absolute atomic E-state index is 14.4. The first kappa shape index (κ1) is 19.5. The topological polar surface area (TPSA) is 77.9 Å². The van der Waals surface area contributed by atoms with Crippen molar-refractivity contribution in [2.24, 2.45) is 5.92 Å². The number of carbonyl (C=O) groups is 1. The van der Waals surface area contributed by atoms with E-state index in [1.54, 1.807) is 17.0 Å². The number of hydrogen-bond acceptors (Lipinski definition) is 4. The van der Waals surface area contributed by atoms with Crippen molar-refractivity contribution in [3.05, 3.63) is 59.9 Å². The van der Waals surface area contributed by atoms with Crippen molar-refractivity contribution in [2.75, 3.05) is 17.5 Å². The summed E-state index contributed by atoms with van der Waals surface area (Å²) in [5.74, 6) is -0.590. The van der Waals surface area contributed by atoms with E-state index in [4.69, 9.17) is 0 Å². The molecule has 0 unspecified atom stereocenters. The van der Waals surface area contributed by atoms with Crippen LogP contribution < -0.4 is 4.31 Å². The lowest BCUT2D eigenvalue weighted by atomic mass is 9.72. The lowest BCUT2D eigenvalue weighted by Crippen LogP contribution is -2.70. The Kier molecular flexibility index (Phi) is 4.59. The van der Waals surface area contributed by atoms with Gasteiger partial charge in [0.1, 0.15) is 10.7 Å². The van der Waals surface area contributed by atoms with Crippen LogP contribution in [0, 0.1) is 11.7 Å². The number of anilines is 1. The Labute approximate surface area is 175 Å². The number of hydrogen-bond donors (Lipinski definition) is 1. The first-order valence-electron chi connectivity index (χ1n) is 10.2. The van der Waals surface area contributed by atoms with E-state index in [2.05, 4.69) is 0 Å². The molecule has 3 atom stereocenters. The fraction of sp³-hybridized carbons (Fsp3) is 0.409. The van der Waals surface area contributed by atoms with E-state index in [0.29, 0.717) is 18.0 Å². The van der Waals surface area contributed by atoms with Gasteiger partial charge < -0.3 is 10.0 Å². The van der Waals surface area contributed by atoms with Gasteiger partial charge in [0.2, 0.25) is 5.91 Å². The Morgan fingerprint density at radius 2 is 1.80 bits per heavy atom. The Morgan fingerprint density at radius 1 is 1.10 bits per heavy atom. The van der Waals surface area contributed by atoms with Gasteiger partial charge in [0.05, 0.1) is 30.9 Å². The van der Waals surface area contributed by atoms with Gasteiger partial charge in [-0.05, 0) is 42.5 Å². The summed E-state index contributed by atoms with van der Waals surface area (Å²) < 4.78 is 42.4. The number of carbonyl (C=O) groups excluding carboxylic acids is 1. The van der Waals surface area contributed by atoms with Crippen LogP contribution in [0.2, 0.25) is 0 Å². The molecular formula is C22H23FN2O4S. The minimum Gasteiger partial charge on any atom is -0.394 e. The average Bonchev–Trinajstić information content (AvgIpc) is 3.52. The number of fused-ring (bicyclic) bond motifs is 3. The molecule has 6 nitrogen and oxygen atoms in total. The highest BCUT2D eigenvalue weighted by Crippen LogP contribution is 2.50. The Morgan fingerprint density at radius 3 is 2.50 bits per heavy atom. The summed E-state index contributed by atoms with van der Waals surface area (Å²) in [5.41, 5.74) is 1.25. The minimum atomic E-state index is -4.15. The van der Waals surface area contributed by atoms with Crippen molar-refractivity contribution in [1.82, 2.24) is 4.90 Å². The molecule has 3 aliphatic rings. The summed E-state index contributed by atoms with van der Waals surface area (Å²) in [4.78, 5) is 14.2. The molecule has 1 saturated carbocycles. The molecule has 2 aliphatic heterocycles. The van der Waals surface area contributed by atoms with Gasteiger partial charge >= 0.3 is 0 Å². The molecule has 2 heterocycles. The molecule has 0 bridgehead atoms. The van der Waals surface area contributed by atoms with Crippen LogP contribution in [0.15, 0.2) is 53.4 Å². The van der Waals surface area contributed by atoms with Crippen molar-refractivity contribution in [3.63, 3.8) is 0 Å². The molecule has 0 aromatic heterocycles. The van der Waals surface area contributed by atoms with Crippen LogP contribution in [0.5, 0.6) is 0 Å². The molecule has 1 saturated heterocycles. The van der Waals surface area contributed by atoms with Crippen LogP contribution in [0.25, 0.3) is 0 Å². The summed E-state index contributed by atoms with van der Waals surface area (Å²) in [7, 11) is -4.15. The molecule has 30 heavy (non-hydrogen) atoms. The summed E-state index contributed by atoms with van der Waals surface area (Å²) in [6.45, 7) is -0.128. The number of amides is 1. The van der Waals surface area contributed by atoms with Gasteiger partial charge in [0, 0.05) is 12.3 Å². The molecule has 158 valence electrons. The van der Waals surface area contributed by atoms with Gasteiger partial charge in [-0.3, -0.25) is 9.10 Å². The third kappa shape index (κ3) is 2.93. The van der Waals surface area contributed by atoms with E-state index in [0.717, 1.165) is 24.5 Å². The van der Waals surface area contributed by atoms with Gasteiger partial charge in [-0.15, -0.1) is 0 Å². The van der Waals surface area contributed by atoms with Crippen LogP contribution in [-0.4, -0.2) is 49.6 Å². The smallest absolute Gasteiger partial charge is 0.267 e. The van der Waals surface area contributed by atoms with E-state index in [1.165, 1.54) is 22.5 Å². The second-order valence-corrected chi connectivity index (χ2v) is 10.1. The lowest BCUT2D eigenvalue weighted by Gasteiger charge is -2.59. The molecule has 2 aromatic rings. The number of benzene rings is 2. The molecule has 8 heteroatoms. The van der Waals surface area contributed by atoms with Crippen molar-refractivity contribution in [2.45, 2.75) is 42.2 Å². The second-order valence-electron chi connectivity index (χ2n) is 8.32. The maximum Gasteiger partial charge on any atom is 0.267 e. The van der Waals surface area contributed by atoms with Crippen molar-refractivity contribution in [1.29, 1.82) is 0 Å². The molecule has 0 radical (unpaired) electrons. The highest BCUT2D eigenvalue weighted by atomic mass is 32.2. The second kappa shape index (κ2) is 7.06. The van der Waals surface area contributed by atoms with Crippen LogP contribution in [0.3, 0.4) is 0 Å². The number of nitrogens with zero attached hydrogens (tertiary/aromatic N) is 2. The first-order valence-corrected chi connectivity index (χ1v) is 11.7. The van der Waals surface area contributed by atoms with Gasteiger partial charge in [0.15, 0.2) is 0 Å². The number of likely N-dealkylation sites (tertiary alicyclic amines) is 1. The Hall–Kier alpha value is -2.45.